The second kappa shape index (κ2) is 71.1. The third-order valence-corrected chi connectivity index (χ3v) is 16.9. The highest BCUT2D eigenvalue weighted by Gasteiger charge is 2.19. The summed E-state index contributed by atoms with van der Waals surface area (Å²) < 4.78 is 17.0. The molecule has 0 aromatic rings. The fourth-order valence-corrected chi connectivity index (χ4v) is 11.3. The summed E-state index contributed by atoms with van der Waals surface area (Å²) in [5.74, 6) is -0.857. The first-order chi connectivity index (χ1) is 40.5. The monoisotopic (exact) mass is 1150 g/mol. The average Bonchev–Trinajstić information content (AvgIpc) is 3.47. The van der Waals surface area contributed by atoms with Gasteiger partial charge >= 0.3 is 17.9 Å². The van der Waals surface area contributed by atoms with Crippen LogP contribution in [0.3, 0.4) is 0 Å². The number of hydrogen-bond acceptors (Lipinski definition) is 6. The van der Waals surface area contributed by atoms with Gasteiger partial charge in [-0.25, -0.2) is 0 Å². The van der Waals surface area contributed by atoms with Crippen LogP contribution in [0, 0.1) is 0 Å². The van der Waals surface area contributed by atoms with E-state index in [1.54, 1.807) is 0 Å². The highest BCUT2D eigenvalue weighted by molar-refractivity contribution is 5.71. The van der Waals surface area contributed by atoms with Crippen molar-refractivity contribution in [2.75, 3.05) is 13.2 Å². The molecule has 82 heavy (non-hydrogen) atoms. The molecule has 0 N–H and O–H groups in total. The summed E-state index contributed by atoms with van der Waals surface area (Å²) in [6.45, 7) is 6.68. The van der Waals surface area contributed by atoms with E-state index in [4.69, 9.17) is 14.2 Å². The predicted molar refractivity (Wildman–Crippen MR) is 358 cm³/mol. The zero-order valence-electron chi connectivity index (χ0n) is 55.5. The van der Waals surface area contributed by atoms with Crippen LogP contribution in [0.4, 0.5) is 0 Å². The van der Waals surface area contributed by atoms with Crippen LogP contribution >= 0.6 is 0 Å². The molecule has 0 saturated carbocycles. The van der Waals surface area contributed by atoms with E-state index in [2.05, 4.69) is 57.2 Å². The van der Waals surface area contributed by atoms with Crippen molar-refractivity contribution in [3.63, 3.8) is 0 Å². The lowest BCUT2D eigenvalue weighted by Crippen LogP contribution is -2.30. The minimum Gasteiger partial charge on any atom is -0.462 e. The molecule has 0 aromatic heterocycles. The molecule has 0 aliphatic carbocycles. The number of esters is 3. The maximum atomic E-state index is 12.9. The van der Waals surface area contributed by atoms with Crippen molar-refractivity contribution in [2.45, 2.75) is 419 Å². The van der Waals surface area contributed by atoms with E-state index in [0.29, 0.717) is 19.3 Å². The van der Waals surface area contributed by atoms with E-state index in [-0.39, 0.29) is 31.1 Å². The van der Waals surface area contributed by atoms with Crippen LogP contribution in [-0.4, -0.2) is 37.2 Å². The van der Waals surface area contributed by atoms with E-state index < -0.39 is 6.10 Å². The summed E-state index contributed by atoms with van der Waals surface area (Å²) >= 11 is 0. The summed E-state index contributed by atoms with van der Waals surface area (Å²) in [6.07, 6.45) is 89.2. The standard InChI is InChI=1S/C76H142O6/c1-4-7-10-13-16-19-22-25-27-29-30-31-32-33-34-35-36-37-38-39-40-41-42-43-44-45-46-47-49-51-54-57-60-63-66-69-75(78)81-72-73(71-80-74(77)68-65-62-59-56-53-50-24-21-18-15-12-9-6-3)82-76(79)70-67-64-61-58-55-52-48-28-26-23-20-17-14-11-8-5-2/h20,23,28-30,48,73H,4-19,21-22,24-27,31-47,49-72H2,1-3H3/b23-20-,30-29-,48-28-. The fourth-order valence-electron chi connectivity index (χ4n) is 11.3. The normalized spacial score (nSPS) is 12.2. The second-order valence-corrected chi connectivity index (χ2v) is 25.2. The van der Waals surface area contributed by atoms with Gasteiger partial charge in [0.2, 0.25) is 0 Å². The Morgan fingerprint density at radius 3 is 0.695 bits per heavy atom. The van der Waals surface area contributed by atoms with Gasteiger partial charge in [0.15, 0.2) is 6.10 Å². The van der Waals surface area contributed by atoms with Gasteiger partial charge in [-0.1, -0.05) is 353 Å². The summed E-state index contributed by atoms with van der Waals surface area (Å²) in [7, 11) is 0. The van der Waals surface area contributed by atoms with Crippen LogP contribution in [0.15, 0.2) is 36.5 Å². The van der Waals surface area contributed by atoms with Crippen molar-refractivity contribution in [1.29, 1.82) is 0 Å². The van der Waals surface area contributed by atoms with Crippen molar-refractivity contribution in [3.8, 4) is 0 Å². The Morgan fingerprint density at radius 2 is 0.439 bits per heavy atom. The highest BCUT2D eigenvalue weighted by Crippen LogP contribution is 2.19. The largest absolute Gasteiger partial charge is 0.462 e. The predicted octanol–water partition coefficient (Wildman–Crippen LogP) is 25.5. The Balaban J connectivity index is 4.06. The zero-order valence-corrected chi connectivity index (χ0v) is 55.5. The number of carbonyl (C=O) groups excluding carboxylic acids is 3. The van der Waals surface area contributed by atoms with Crippen LogP contribution in [-0.2, 0) is 28.6 Å². The SMILES string of the molecule is CCCCCC/C=C\C/C=C\CCCCCCCC(=O)OC(COC(=O)CCCCCCCCCCCCCCC)COC(=O)CCCCCCCCCCCCCCCCCCCCCCCCC/C=C\CCCCCCCCCC. The van der Waals surface area contributed by atoms with Gasteiger partial charge in [-0.05, 0) is 77.0 Å². The first-order valence-corrected chi connectivity index (χ1v) is 37.0. The molecule has 0 bridgehead atoms. The quantitative estimate of drug-likeness (QED) is 0.0261. The average molecular weight is 1150 g/mol. The molecule has 6 heteroatoms. The first-order valence-electron chi connectivity index (χ1n) is 37.0. The molecule has 0 rings (SSSR count). The molecule has 0 aliphatic rings. The summed E-state index contributed by atoms with van der Waals surface area (Å²) in [4.78, 5) is 38.4. The van der Waals surface area contributed by atoms with E-state index >= 15 is 0 Å². The number of unbranched alkanes of at least 4 members (excludes halogenated alkanes) is 52. The lowest BCUT2D eigenvalue weighted by molar-refractivity contribution is -0.167. The lowest BCUT2D eigenvalue weighted by atomic mass is 10.0. The summed E-state index contributed by atoms with van der Waals surface area (Å²) in [6, 6.07) is 0. The Hall–Kier alpha value is -2.37. The van der Waals surface area contributed by atoms with Crippen molar-refractivity contribution in [3.05, 3.63) is 36.5 Å². The highest BCUT2D eigenvalue weighted by atomic mass is 16.6. The van der Waals surface area contributed by atoms with Crippen molar-refractivity contribution in [2.24, 2.45) is 0 Å². The van der Waals surface area contributed by atoms with Crippen LogP contribution in [0.25, 0.3) is 0 Å². The number of rotatable bonds is 69. The van der Waals surface area contributed by atoms with Crippen molar-refractivity contribution in [1.82, 2.24) is 0 Å². The zero-order chi connectivity index (χ0) is 59.2. The second-order valence-electron chi connectivity index (χ2n) is 25.2. The van der Waals surface area contributed by atoms with E-state index in [1.807, 2.05) is 0 Å². The Morgan fingerprint density at radius 1 is 0.244 bits per heavy atom. The Kier molecular flexibility index (Phi) is 69.1. The molecule has 0 aromatic carbocycles. The molecule has 1 unspecified atom stereocenters. The summed E-state index contributed by atoms with van der Waals surface area (Å²) in [5, 5.41) is 0. The molecule has 0 heterocycles. The Labute approximate surface area is 512 Å². The van der Waals surface area contributed by atoms with Crippen molar-refractivity contribution >= 4 is 17.9 Å². The van der Waals surface area contributed by atoms with Gasteiger partial charge in [-0.2, -0.15) is 0 Å². The van der Waals surface area contributed by atoms with Gasteiger partial charge in [0.25, 0.3) is 0 Å². The number of hydrogen-bond donors (Lipinski definition) is 0. The van der Waals surface area contributed by atoms with Gasteiger partial charge in [-0.15, -0.1) is 0 Å². The molecule has 0 radical (unpaired) electrons. The van der Waals surface area contributed by atoms with E-state index in [0.717, 1.165) is 77.0 Å². The van der Waals surface area contributed by atoms with Crippen LogP contribution < -0.4 is 0 Å². The third kappa shape index (κ3) is 68.4. The smallest absolute Gasteiger partial charge is 0.306 e. The molecule has 0 fully saturated rings. The minimum atomic E-state index is -0.776. The molecule has 1 atom stereocenters. The maximum absolute atomic E-state index is 12.9. The first kappa shape index (κ1) is 79.6. The molecule has 0 saturated heterocycles. The summed E-state index contributed by atoms with van der Waals surface area (Å²) in [5.41, 5.74) is 0. The molecule has 482 valence electrons. The van der Waals surface area contributed by atoms with E-state index in [1.165, 1.54) is 295 Å². The molecule has 0 spiro atoms. The topological polar surface area (TPSA) is 78.9 Å². The van der Waals surface area contributed by atoms with Crippen LogP contribution in [0.5, 0.6) is 0 Å². The van der Waals surface area contributed by atoms with Gasteiger partial charge in [0, 0.05) is 19.3 Å². The number of allylic oxidation sites excluding steroid dienone is 6. The molecule has 0 amide bonds. The lowest BCUT2D eigenvalue weighted by Gasteiger charge is -2.18. The minimum absolute atomic E-state index is 0.0720. The molecule has 6 nitrogen and oxygen atoms in total. The number of ether oxygens (including phenoxy) is 3. The molecule has 0 aliphatic heterocycles. The van der Waals surface area contributed by atoms with Crippen molar-refractivity contribution < 1.29 is 28.6 Å². The van der Waals surface area contributed by atoms with Crippen LogP contribution in [0.1, 0.15) is 412 Å². The van der Waals surface area contributed by atoms with Gasteiger partial charge < -0.3 is 14.2 Å². The third-order valence-electron chi connectivity index (χ3n) is 16.9. The Bertz CT molecular complexity index is 1370. The van der Waals surface area contributed by atoms with Gasteiger partial charge in [-0.3, -0.25) is 14.4 Å². The maximum Gasteiger partial charge on any atom is 0.306 e. The molecular weight excluding hydrogens is 1010 g/mol. The van der Waals surface area contributed by atoms with Gasteiger partial charge in [0.05, 0.1) is 0 Å². The fraction of sp³-hybridized carbons (Fsp3) is 0.882. The van der Waals surface area contributed by atoms with Crippen LogP contribution in [0.2, 0.25) is 0 Å². The molecular formula is C76H142O6. The van der Waals surface area contributed by atoms with Gasteiger partial charge in [0.1, 0.15) is 13.2 Å². The van der Waals surface area contributed by atoms with E-state index in [9.17, 15) is 14.4 Å². The number of carbonyl (C=O) groups is 3.